The quantitative estimate of drug-likeness (QED) is 0.467. The van der Waals surface area contributed by atoms with Gasteiger partial charge in [0.25, 0.3) is 0 Å². The van der Waals surface area contributed by atoms with Gasteiger partial charge in [-0.15, -0.1) is 5.10 Å². The summed E-state index contributed by atoms with van der Waals surface area (Å²) in [4.78, 5) is 15.4. The first-order valence-corrected chi connectivity index (χ1v) is 12.0. The van der Waals surface area contributed by atoms with Gasteiger partial charge in [-0.3, -0.25) is 4.79 Å². The minimum atomic E-state index is -0.117. The number of fused-ring (bicyclic) bond motifs is 1. The summed E-state index contributed by atoms with van der Waals surface area (Å²) in [5, 5.41) is 18.2. The molecule has 0 unspecified atom stereocenters. The number of aryl methyl sites for hydroxylation is 3. The van der Waals surface area contributed by atoms with Gasteiger partial charge in [0.1, 0.15) is 5.52 Å². The van der Waals surface area contributed by atoms with Crippen LogP contribution in [-0.4, -0.2) is 39.0 Å². The van der Waals surface area contributed by atoms with Crippen molar-refractivity contribution in [1.29, 1.82) is 0 Å². The highest BCUT2D eigenvalue weighted by Crippen LogP contribution is 2.32. The van der Waals surface area contributed by atoms with Crippen LogP contribution in [0.25, 0.3) is 16.6 Å². The molecule has 1 amide bonds. The van der Waals surface area contributed by atoms with Gasteiger partial charge >= 0.3 is 0 Å². The molecule has 4 aromatic rings. The summed E-state index contributed by atoms with van der Waals surface area (Å²) in [6.45, 7) is 7.58. The summed E-state index contributed by atoms with van der Waals surface area (Å²) in [7, 11) is 0. The second-order valence-corrected chi connectivity index (χ2v) is 8.95. The van der Waals surface area contributed by atoms with Crippen molar-refractivity contribution >= 4 is 28.3 Å². The molecule has 5 rings (SSSR count). The standard InChI is InChI=1S/C27H30N6O/c1-4-20-11-8-9-15-23(20)28-27(34)21-12-10-16-32(17-21)26-25-24(18(2)29-30-26)19(3)33(31-25)22-13-6-5-7-14-22/h5-9,11,13-15,21H,4,10,12,16-17H2,1-3H3,(H,28,34)/t21-/m0/s1. The Hall–Kier alpha value is -3.74. The lowest BCUT2D eigenvalue weighted by atomic mass is 9.96. The topological polar surface area (TPSA) is 75.9 Å². The molecular formula is C27H30N6O. The average Bonchev–Trinajstić information content (AvgIpc) is 3.23. The lowest BCUT2D eigenvalue weighted by molar-refractivity contribution is -0.120. The molecule has 2 aromatic heterocycles. The van der Waals surface area contributed by atoms with Gasteiger partial charge in [0.05, 0.1) is 28.4 Å². The Balaban J connectivity index is 1.44. The van der Waals surface area contributed by atoms with E-state index in [9.17, 15) is 4.79 Å². The molecule has 0 radical (unpaired) electrons. The Bertz CT molecular complexity index is 1330. The van der Waals surface area contributed by atoms with Gasteiger partial charge in [0.15, 0.2) is 5.82 Å². The number of anilines is 2. The van der Waals surface area contributed by atoms with Crippen molar-refractivity contribution < 1.29 is 4.79 Å². The predicted molar refractivity (Wildman–Crippen MR) is 136 cm³/mol. The molecule has 2 aromatic carbocycles. The number of hydrogen-bond acceptors (Lipinski definition) is 5. The normalized spacial score (nSPS) is 16.1. The smallest absolute Gasteiger partial charge is 0.229 e. The van der Waals surface area contributed by atoms with Crippen molar-refractivity contribution in [2.45, 2.75) is 40.0 Å². The molecule has 3 heterocycles. The molecule has 1 aliphatic heterocycles. The van der Waals surface area contributed by atoms with Crippen LogP contribution in [0.5, 0.6) is 0 Å². The Morgan fingerprint density at radius 1 is 1.06 bits per heavy atom. The highest BCUT2D eigenvalue weighted by atomic mass is 16.1. The molecular weight excluding hydrogens is 424 g/mol. The van der Waals surface area contributed by atoms with Crippen molar-refractivity contribution in [2.24, 2.45) is 5.92 Å². The summed E-state index contributed by atoms with van der Waals surface area (Å²) in [5.74, 6) is 0.701. The van der Waals surface area contributed by atoms with Crippen molar-refractivity contribution in [1.82, 2.24) is 20.0 Å². The average molecular weight is 455 g/mol. The second kappa shape index (κ2) is 9.25. The lowest BCUT2D eigenvalue weighted by Gasteiger charge is -2.32. The third kappa shape index (κ3) is 4.02. The zero-order valence-electron chi connectivity index (χ0n) is 20.0. The Morgan fingerprint density at radius 3 is 2.62 bits per heavy atom. The van der Waals surface area contributed by atoms with Gasteiger partial charge < -0.3 is 10.2 Å². The third-order valence-corrected chi connectivity index (χ3v) is 6.73. The zero-order chi connectivity index (χ0) is 23.7. The van der Waals surface area contributed by atoms with Gasteiger partial charge in [-0.1, -0.05) is 43.3 Å². The Labute approximate surface area is 199 Å². The molecule has 0 aliphatic carbocycles. The fraction of sp³-hybridized carbons (Fsp3) is 0.333. The molecule has 0 spiro atoms. The first-order valence-electron chi connectivity index (χ1n) is 12.0. The minimum Gasteiger partial charge on any atom is -0.352 e. The number of carbonyl (C=O) groups is 1. The van der Waals surface area contributed by atoms with Crippen LogP contribution in [0.1, 0.15) is 36.7 Å². The zero-order valence-corrected chi connectivity index (χ0v) is 20.0. The monoisotopic (exact) mass is 454 g/mol. The van der Waals surface area contributed by atoms with Gasteiger partial charge in [0.2, 0.25) is 5.91 Å². The molecule has 1 saturated heterocycles. The van der Waals surface area contributed by atoms with Gasteiger partial charge in [-0.25, -0.2) is 4.68 Å². The van der Waals surface area contributed by atoms with E-state index in [0.29, 0.717) is 6.54 Å². The number of piperidine rings is 1. The van der Waals surface area contributed by atoms with E-state index < -0.39 is 0 Å². The summed E-state index contributed by atoms with van der Waals surface area (Å²) >= 11 is 0. The van der Waals surface area contributed by atoms with E-state index >= 15 is 0 Å². The number of hydrogen-bond donors (Lipinski definition) is 1. The van der Waals surface area contributed by atoms with Crippen LogP contribution in [0.3, 0.4) is 0 Å². The van der Waals surface area contributed by atoms with Crippen molar-refractivity contribution in [3.05, 3.63) is 71.5 Å². The first-order chi connectivity index (χ1) is 16.6. The maximum atomic E-state index is 13.2. The highest BCUT2D eigenvalue weighted by Gasteiger charge is 2.29. The van der Waals surface area contributed by atoms with E-state index in [1.807, 2.05) is 60.1 Å². The summed E-state index contributed by atoms with van der Waals surface area (Å²) in [6, 6.07) is 18.1. The number of nitrogens with zero attached hydrogens (tertiary/aromatic N) is 5. The minimum absolute atomic E-state index is 0.0629. The van der Waals surface area contributed by atoms with Crippen LogP contribution >= 0.6 is 0 Å². The number of aromatic nitrogens is 4. The first kappa shape index (κ1) is 22.1. The molecule has 1 fully saturated rings. The van der Waals surface area contributed by atoms with Gasteiger partial charge in [0, 0.05) is 18.8 Å². The molecule has 1 atom stereocenters. The lowest BCUT2D eigenvalue weighted by Crippen LogP contribution is -2.41. The molecule has 174 valence electrons. The van der Waals surface area contributed by atoms with E-state index in [2.05, 4.69) is 40.3 Å². The number of amides is 1. The van der Waals surface area contributed by atoms with Crippen molar-refractivity contribution in [3.8, 4) is 5.69 Å². The molecule has 7 heteroatoms. The largest absolute Gasteiger partial charge is 0.352 e. The SMILES string of the molecule is CCc1ccccc1NC(=O)[C@H]1CCCN(c2nnc(C)c3c(C)n(-c4ccccc4)nc23)C1. The number of nitrogens with one attached hydrogen (secondary N) is 1. The molecule has 1 aliphatic rings. The van der Waals surface area contributed by atoms with E-state index in [1.54, 1.807) is 0 Å². The fourth-order valence-corrected chi connectivity index (χ4v) is 4.91. The molecule has 7 nitrogen and oxygen atoms in total. The molecule has 0 saturated carbocycles. The van der Waals surface area contributed by atoms with Crippen LogP contribution in [0.2, 0.25) is 0 Å². The van der Waals surface area contributed by atoms with Crippen LogP contribution in [0, 0.1) is 19.8 Å². The molecule has 0 bridgehead atoms. The van der Waals surface area contributed by atoms with Crippen LogP contribution in [-0.2, 0) is 11.2 Å². The number of rotatable bonds is 5. The maximum Gasteiger partial charge on any atom is 0.229 e. The van der Waals surface area contributed by atoms with Crippen LogP contribution < -0.4 is 10.2 Å². The van der Waals surface area contributed by atoms with Crippen molar-refractivity contribution in [2.75, 3.05) is 23.3 Å². The van der Waals surface area contributed by atoms with Crippen LogP contribution in [0.4, 0.5) is 11.5 Å². The highest BCUT2D eigenvalue weighted by molar-refractivity contribution is 5.95. The van der Waals surface area contributed by atoms with E-state index in [4.69, 9.17) is 5.10 Å². The molecule has 1 N–H and O–H groups in total. The maximum absolute atomic E-state index is 13.2. The number of carbonyl (C=O) groups excluding carboxylic acids is 1. The van der Waals surface area contributed by atoms with Crippen LogP contribution in [0.15, 0.2) is 54.6 Å². The molecule has 34 heavy (non-hydrogen) atoms. The summed E-state index contributed by atoms with van der Waals surface area (Å²) in [5.41, 5.74) is 5.80. The summed E-state index contributed by atoms with van der Waals surface area (Å²) < 4.78 is 1.96. The van der Waals surface area contributed by atoms with E-state index in [-0.39, 0.29) is 11.8 Å². The summed E-state index contributed by atoms with van der Waals surface area (Å²) in [6.07, 6.45) is 2.66. The Kier molecular flexibility index (Phi) is 6.01. The van der Waals surface area contributed by atoms with Crippen molar-refractivity contribution in [3.63, 3.8) is 0 Å². The Morgan fingerprint density at radius 2 is 1.82 bits per heavy atom. The van der Waals surface area contributed by atoms with E-state index in [0.717, 1.165) is 70.9 Å². The third-order valence-electron chi connectivity index (χ3n) is 6.73. The van der Waals surface area contributed by atoms with E-state index in [1.165, 1.54) is 0 Å². The predicted octanol–water partition coefficient (Wildman–Crippen LogP) is 4.85. The number of para-hydroxylation sites is 2. The second-order valence-electron chi connectivity index (χ2n) is 8.95. The van der Waals surface area contributed by atoms with Gasteiger partial charge in [-0.05, 0) is 56.9 Å². The number of benzene rings is 2. The van der Waals surface area contributed by atoms with Gasteiger partial charge in [-0.2, -0.15) is 10.2 Å². The fourth-order valence-electron chi connectivity index (χ4n) is 4.91.